The van der Waals surface area contributed by atoms with Crippen molar-refractivity contribution < 1.29 is 9.59 Å². The van der Waals surface area contributed by atoms with Gasteiger partial charge in [0.15, 0.2) is 0 Å². The van der Waals surface area contributed by atoms with Crippen molar-refractivity contribution in [2.24, 2.45) is 11.5 Å². The second-order valence-corrected chi connectivity index (χ2v) is 5.23. The molecule has 0 aromatic heterocycles. The summed E-state index contributed by atoms with van der Waals surface area (Å²) in [4.78, 5) is 24.1. The Bertz CT molecular complexity index is 220. The molecule has 1 rings (SSSR count). The molecule has 0 saturated carbocycles. The third kappa shape index (κ3) is 12.6. The Morgan fingerprint density at radius 3 is 1.38 bits per heavy atom. The largest absolute Gasteiger partial charge is 0.330 e. The van der Waals surface area contributed by atoms with Gasteiger partial charge in [0.2, 0.25) is 0 Å². The third-order valence-corrected chi connectivity index (χ3v) is 3.47. The molecule has 1 saturated heterocycles. The van der Waals surface area contributed by atoms with Crippen LogP contribution in [0.25, 0.3) is 0 Å². The highest BCUT2D eigenvalue weighted by atomic mass is 16.1. The summed E-state index contributed by atoms with van der Waals surface area (Å²) in [5, 5.41) is 0. The molecule has 0 aliphatic carbocycles. The van der Waals surface area contributed by atoms with Gasteiger partial charge in [-0.3, -0.25) is 0 Å². The monoisotopic (exact) mass is 300 g/mol. The highest BCUT2D eigenvalue weighted by molar-refractivity contribution is 5.52. The van der Waals surface area contributed by atoms with Crippen molar-refractivity contribution in [1.82, 2.24) is 9.80 Å². The summed E-state index contributed by atoms with van der Waals surface area (Å²) < 4.78 is 0. The number of hydrogen-bond donors (Lipinski definition) is 2. The molecule has 0 atom stereocenters. The molecule has 0 radical (unpaired) electrons. The number of hydrogen-bond acceptors (Lipinski definition) is 6. The first-order chi connectivity index (χ1) is 10.3. The first kappa shape index (κ1) is 20.2. The lowest BCUT2D eigenvalue weighted by Crippen LogP contribution is -2.47. The van der Waals surface area contributed by atoms with Crippen LogP contribution in [0, 0.1) is 0 Å². The molecule has 6 nitrogen and oxygen atoms in total. The van der Waals surface area contributed by atoms with Crippen molar-refractivity contribution in [1.29, 1.82) is 0 Å². The molecule has 4 N–H and O–H groups in total. The van der Waals surface area contributed by atoms with Crippen molar-refractivity contribution in [3.05, 3.63) is 0 Å². The van der Waals surface area contributed by atoms with E-state index in [0.29, 0.717) is 19.3 Å². The number of rotatable bonds is 10. The fourth-order valence-electron chi connectivity index (χ4n) is 2.15. The molecular weight excluding hydrogens is 268 g/mol. The maximum atomic E-state index is 9.56. The Morgan fingerprint density at radius 2 is 1.10 bits per heavy atom. The summed E-state index contributed by atoms with van der Waals surface area (Å²) in [6, 6.07) is 0. The summed E-state index contributed by atoms with van der Waals surface area (Å²) in [7, 11) is 0. The van der Waals surface area contributed by atoms with E-state index >= 15 is 0 Å². The van der Waals surface area contributed by atoms with E-state index in [9.17, 15) is 9.59 Å². The number of piperazine rings is 1. The standard InChI is InChI=1S/C10H24N4.C5H8O2/c11-3-1-5-13-7-9-14(10-8-13)6-2-4-12;6-4-2-1-3-5-7/h1-12H2;4-5H,1-3H2. The molecule has 0 unspecified atom stereocenters. The maximum Gasteiger partial charge on any atom is 0.120 e. The Hall–Kier alpha value is -0.820. The zero-order valence-corrected chi connectivity index (χ0v) is 13.2. The first-order valence-electron chi connectivity index (χ1n) is 8.00. The molecule has 0 bridgehead atoms. The van der Waals surface area contributed by atoms with Gasteiger partial charge in [0, 0.05) is 39.0 Å². The van der Waals surface area contributed by atoms with Crippen LogP contribution in [0.4, 0.5) is 0 Å². The SMILES string of the molecule is NCCCN1CCN(CCCN)CC1.O=CCCCC=O. The van der Waals surface area contributed by atoms with Crippen LogP contribution < -0.4 is 11.5 Å². The van der Waals surface area contributed by atoms with Gasteiger partial charge in [0.25, 0.3) is 0 Å². The van der Waals surface area contributed by atoms with E-state index in [1.807, 2.05) is 0 Å². The average Bonchev–Trinajstić information content (AvgIpc) is 2.53. The van der Waals surface area contributed by atoms with Crippen LogP contribution in [0.15, 0.2) is 0 Å². The number of aldehydes is 2. The van der Waals surface area contributed by atoms with Gasteiger partial charge in [-0.1, -0.05) is 0 Å². The van der Waals surface area contributed by atoms with Crippen molar-refractivity contribution >= 4 is 12.6 Å². The van der Waals surface area contributed by atoms with Crippen LogP contribution in [0.1, 0.15) is 32.1 Å². The molecule has 21 heavy (non-hydrogen) atoms. The molecule has 1 heterocycles. The Balaban J connectivity index is 0.000000486. The van der Waals surface area contributed by atoms with Crippen LogP contribution in [0.3, 0.4) is 0 Å². The average molecular weight is 300 g/mol. The Morgan fingerprint density at radius 1 is 0.714 bits per heavy atom. The van der Waals surface area contributed by atoms with E-state index in [1.165, 1.54) is 39.3 Å². The normalized spacial score (nSPS) is 16.1. The van der Waals surface area contributed by atoms with E-state index in [-0.39, 0.29) is 0 Å². The third-order valence-electron chi connectivity index (χ3n) is 3.47. The molecule has 1 aliphatic rings. The van der Waals surface area contributed by atoms with E-state index in [0.717, 1.165) is 38.5 Å². The van der Waals surface area contributed by atoms with Gasteiger partial charge in [-0.2, -0.15) is 0 Å². The summed E-state index contributed by atoms with van der Waals surface area (Å²) in [5.41, 5.74) is 11.0. The lowest BCUT2D eigenvalue weighted by atomic mass is 10.2. The highest BCUT2D eigenvalue weighted by Crippen LogP contribution is 2.02. The summed E-state index contributed by atoms with van der Waals surface area (Å²) in [6.45, 7) is 8.76. The van der Waals surface area contributed by atoms with Gasteiger partial charge in [0.05, 0.1) is 0 Å². The van der Waals surface area contributed by atoms with E-state index in [1.54, 1.807) is 0 Å². The lowest BCUT2D eigenvalue weighted by molar-refractivity contribution is -0.108. The molecule has 1 fully saturated rings. The van der Waals surface area contributed by atoms with Crippen LogP contribution in [-0.4, -0.2) is 74.7 Å². The van der Waals surface area contributed by atoms with Gasteiger partial charge < -0.3 is 30.9 Å². The van der Waals surface area contributed by atoms with Crippen molar-refractivity contribution in [2.75, 3.05) is 52.4 Å². The van der Waals surface area contributed by atoms with E-state index in [2.05, 4.69) is 9.80 Å². The molecule has 0 spiro atoms. The van der Waals surface area contributed by atoms with Gasteiger partial charge in [0.1, 0.15) is 12.6 Å². The fourth-order valence-corrected chi connectivity index (χ4v) is 2.15. The second kappa shape index (κ2) is 15.6. The Kier molecular flexibility index (Phi) is 15.0. The van der Waals surface area contributed by atoms with Gasteiger partial charge >= 0.3 is 0 Å². The smallest absolute Gasteiger partial charge is 0.120 e. The summed E-state index contributed by atoms with van der Waals surface area (Å²) >= 11 is 0. The molecule has 0 aromatic carbocycles. The second-order valence-electron chi connectivity index (χ2n) is 5.23. The molecule has 0 aromatic rings. The van der Waals surface area contributed by atoms with Crippen molar-refractivity contribution in [2.45, 2.75) is 32.1 Å². The highest BCUT2D eigenvalue weighted by Gasteiger charge is 2.15. The number of nitrogens with two attached hydrogens (primary N) is 2. The fraction of sp³-hybridized carbons (Fsp3) is 0.867. The van der Waals surface area contributed by atoms with Crippen LogP contribution in [-0.2, 0) is 9.59 Å². The number of carbonyl (C=O) groups is 2. The summed E-state index contributed by atoms with van der Waals surface area (Å²) in [6.07, 6.45) is 5.63. The topological polar surface area (TPSA) is 92.7 Å². The van der Waals surface area contributed by atoms with Crippen molar-refractivity contribution in [3.63, 3.8) is 0 Å². The van der Waals surface area contributed by atoms with Crippen LogP contribution in [0.2, 0.25) is 0 Å². The van der Waals surface area contributed by atoms with Gasteiger partial charge in [-0.25, -0.2) is 0 Å². The van der Waals surface area contributed by atoms with Gasteiger partial charge in [-0.05, 0) is 45.4 Å². The lowest BCUT2D eigenvalue weighted by Gasteiger charge is -2.34. The Labute approximate surface area is 128 Å². The molecular formula is C15H32N4O2. The molecule has 1 aliphatic heterocycles. The molecule has 6 heteroatoms. The quantitative estimate of drug-likeness (QED) is 0.431. The number of carbonyl (C=O) groups excluding carboxylic acids is 2. The minimum atomic E-state index is 0.513. The predicted octanol–water partition coefficient (Wildman–Crippen LogP) is -0.144. The number of unbranched alkanes of at least 4 members (excludes halogenated alkanes) is 2. The minimum Gasteiger partial charge on any atom is -0.330 e. The predicted molar refractivity (Wildman–Crippen MR) is 86.2 cm³/mol. The molecule has 0 amide bonds. The van der Waals surface area contributed by atoms with E-state index < -0.39 is 0 Å². The van der Waals surface area contributed by atoms with Crippen molar-refractivity contribution in [3.8, 4) is 0 Å². The molecule has 124 valence electrons. The summed E-state index contributed by atoms with van der Waals surface area (Å²) in [5.74, 6) is 0. The zero-order chi connectivity index (χ0) is 15.8. The number of nitrogens with zero attached hydrogens (tertiary/aromatic N) is 2. The minimum absolute atomic E-state index is 0.513. The van der Waals surface area contributed by atoms with Crippen LogP contribution >= 0.6 is 0 Å². The zero-order valence-electron chi connectivity index (χ0n) is 13.2. The van der Waals surface area contributed by atoms with E-state index in [4.69, 9.17) is 11.5 Å². The van der Waals surface area contributed by atoms with Gasteiger partial charge in [-0.15, -0.1) is 0 Å². The van der Waals surface area contributed by atoms with Crippen LogP contribution in [0.5, 0.6) is 0 Å². The maximum absolute atomic E-state index is 9.56. The first-order valence-corrected chi connectivity index (χ1v) is 8.00.